The lowest BCUT2D eigenvalue weighted by molar-refractivity contribution is -0.142. The number of carboxylic acid groups (broad SMARTS) is 1. The minimum atomic E-state index is -0.951. The molecule has 1 amide bonds. The molecule has 0 bridgehead atoms. The van der Waals surface area contributed by atoms with Crippen molar-refractivity contribution in [2.45, 2.75) is 38.1 Å². The summed E-state index contributed by atoms with van der Waals surface area (Å²) >= 11 is 0. The molecule has 0 heterocycles. The molecule has 0 aliphatic heterocycles. The average molecular weight is 211 g/mol. The van der Waals surface area contributed by atoms with Crippen LogP contribution in [0.3, 0.4) is 0 Å². The first-order valence-electron chi connectivity index (χ1n) is 5.29. The van der Waals surface area contributed by atoms with Crippen LogP contribution < -0.4 is 5.32 Å². The van der Waals surface area contributed by atoms with Gasteiger partial charge in [-0.2, -0.15) is 0 Å². The molecular weight excluding hydrogens is 194 g/mol. The number of allylic oxidation sites excluding steroid dienone is 1. The maximum Gasteiger partial charge on any atom is 0.326 e. The standard InChI is InChI=1S/C11H17NO3/c1-2-3-4-5-9(11(14)15)12-10(13)8-6-7-8/h2,8-9H,1,3-7H2,(H,12,13)(H,14,15)/t9-/m1/s1. The van der Waals surface area contributed by atoms with Gasteiger partial charge in [-0.25, -0.2) is 4.79 Å². The zero-order chi connectivity index (χ0) is 11.3. The number of amides is 1. The van der Waals surface area contributed by atoms with E-state index in [1.807, 2.05) is 0 Å². The molecule has 4 heteroatoms. The van der Waals surface area contributed by atoms with Gasteiger partial charge in [-0.15, -0.1) is 6.58 Å². The minimum absolute atomic E-state index is 0.0613. The topological polar surface area (TPSA) is 66.4 Å². The fourth-order valence-corrected chi connectivity index (χ4v) is 1.36. The number of hydrogen-bond donors (Lipinski definition) is 2. The summed E-state index contributed by atoms with van der Waals surface area (Å²) in [5.74, 6) is -1.000. The Balaban J connectivity index is 2.31. The normalized spacial score (nSPS) is 16.8. The predicted octanol–water partition coefficient (Wildman–Crippen LogP) is 1.32. The molecule has 1 aliphatic rings. The molecule has 84 valence electrons. The van der Waals surface area contributed by atoms with Crippen LogP contribution in [0.2, 0.25) is 0 Å². The van der Waals surface area contributed by atoms with Gasteiger partial charge in [0.2, 0.25) is 5.91 Å². The van der Waals surface area contributed by atoms with Gasteiger partial charge in [0.05, 0.1) is 0 Å². The highest BCUT2D eigenvalue weighted by Crippen LogP contribution is 2.29. The molecule has 1 saturated carbocycles. The van der Waals surface area contributed by atoms with E-state index in [0.717, 1.165) is 25.7 Å². The summed E-state index contributed by atoms with van der Waals surface area (Å²) in [4.78, 5) is 22.2. The van der Waals surface area contributed by atoms with Crippen molar-refractivity contribution in [3.63, 3.8) is 0 Å². The molecular formula is C11H17NO3. The summed E-state index contributed by atoms with van der Waals surface area (Å²) in [6.45, 7) is 3.57. The number of unbranched alkanes of at least 4 members (excludes halogenated alkanes) is 1. The van der Waals surface area contributed by atoms with Gasteiger partial charge in [-0.05, 0) is 32.1 Å². The van der Waals surface area contributed by atoms with E-state index in [1.165, 1.54) is 0 Å². The largest absolute Gasteiger partial charge is 0.480 e. The van der Waals surface area contributed by atoms with Gasteiger partial charge in [0, 0.05) is 5.92 Å². The smallest absolute Gasteiger partial charge is 0.326 e. The first-order chi connectivity index (χ1) is 7.15. The molecule has 0 spiro atoms. The molecule has 1 fully saturated rings. The van der Waals surface area contributed by atoms with E-state index in [2.05, 4.69) is 11.9 Å². The summed E-state index contributed by atoms with van der Waals surface area (Å²) in [5, 5.41) is 11.4. The van der Waals surface area contributed by atoms with Crippen LogP contribution in [-0.2, 0) is 9.59 Å². The van der Waals surface area contributed by atoms with E-state index in [-0.39, 0.29) is 11.8 Å². The third-order valence-corrected chi connectivity index (χ3v) is 2.46. The fourth-order valence-electron chi connectivity index (χ4n) is 1.36. The number of nitrogens with one attached hydrogen (secondary N) is 1. The van der Waals surface area contributed by atoms with Gasteiger partial charge in [-0.3, -0.25) is 4.79 Å². The monoisotopic (exact) mass is 211 g/mol. The fraction of sp³-hybridized carbons (Fsp3) is 0.636. The average Bonchev–Trinajstić information content (AvgIpc) is 2.99. The molecule has 15 heavy (non-hydrogen) atoms. The van der Waals surface area contributed by atoms with E-state index in [1.54, 1.807) is 6.08 Å². The van der Waals surface area contributed by atoms with Crippen molar-refractivity contribution in [1.29, 1.82) is 0 Å². The van der Waals surface area contributed by atoms with Crippen molar-refractivity contribution < 1.29 is 14.7 Å². The summed E-state index contributed by atoms with van der Waals surface area (Å²) in [6, 6.07) is -0.738. The molecule has 2 N–H and O–H groups in total. The third kappa shape index (κ3) is 4.14. The Morgan fingerprint density at radius 1 is 1.53 bits per heavy atom. The zero-order valence-electron chi connectivity index (χ0n) is 8.74. The first kappa shape index (κ1) is 11.8. The molecule has 1 aliphatic carbocycles. The lowest BCUT2D eigenvalue weighted by Gasteiger charge is -2.13. The SMILES string of the molecule is C=CCCC[C@@H](NC(=O)C1CC1)C(=O)O. The third-order valence-electron chi connectivity index (χ3n) is 2.46. The predicted molar refractivity (Wildman–Crippen MR) is 56.3 cm³/mol. The van der Waals surface area contributed by atoms with E-state index in [9.17, 15) is 9.59 Å². The molecule has 0 aromatic rings. The Hall–Kier alpha value is -1.32. The van der Waals surface area contributed by atoms with E-state index in [4.69, 9.17) is 5.11 Å². The second-order valence-electron chi connectivity index (χ2n) is 3.89. The molecule has 4 nitrogen and oxygen atoms in total. The molecule has 0 saturated heterocycles. The number of carboxylic acids is 1. The Morgan fingerprint density at radius 2 is 2.20 bits per heavy atom. The highest BCUT2D eigenvalue weighted by atomic mass is 16.4. The van der Waals surface area contributed by atoms with Crippen LogP contribution in [0.1, 0.15) is 32.1 Å². The van der Waals surface area contributed by atoms with Crippen LogP contribution in [0.4, 0.5) is 0 Å². The Kier molecular flexibility index (Phi) is 4.34. The highest BCUT2D eigenvalue weighted by molar-refractivity contribution is 5.86. The lowest BCUT2D eigenvalue weighted by atomic mass is 10.1. The number of carbonyl (C=O) groups excluding carboxylic acids is 1. The van der Waals surface area contributed by atoms with Crippen molar-refractivity contribution in [2.75, 3.05) is 0 Å². The van der Waals surface area contributed by atoms with Crippen LogP contribution >= 0.6 is 0 Å². The summed E-state index contributed by atoms with van der Waals surface area (Å²) < 4.78 is 0. The highest BCUT2D eigenvalue weighted by Gasteiger charge is 2.32. The Morgan fingerprint density at radius 3 is 2.67 bits per heavy atom. The lowest BCUT2D eigenvalue weighted by Crippen LogP contribution is -2.41. The Bertz CT molecular complexity index is 259. The van der Waals surface area contributed by atoms with Crippen LogP contribution in [0.25, 0.3) is 0 Å². The minimum Gasteiger partial charge on any atom is -0.480 e. The van der Waals surface area contributed by atoms with Gasteiger partial charge in [0.1, 0.15) is 6.04 Å². The second kappa shape index (κ2) is 5.53. The summed E-state index contributed by atoms with van der Waals surface area (Å²) in [5.41, 5.74) is 0. The van der Waals surface area contributed by atoms with Gasteiger partial charge >= 0.3 is 5.97 Å². The van der Waals surface area contributed by atoms with Crippen LogP contribution in [0, 0.1) is 5.92 Å². The van der Waals surface area contributed by atoms with Crippen molar-refractivity contribution in [3.8, 4) is 0 Å². The zero-order valence-corrected chi connectivity index (χ0v) is 8.74. The van der Waals surface area contributed by atoms with Gasteiger partial charge < -0.3 is 10.4 Å². The van der Waals surface area contributed by atoms with Gasteiger partial charge in [0.15, 0.2) is 0 Å². The number of carbonyl (C=O) groups is 2. The number of rotatable bonds is 7. The molecule has 0 radical (unpaired) electrons. The number of aliphatic carboxylic acids is 1. The van der Waals surface area contributed by atoms with Crippen molar-refractivity contribution in [3.05, 3.63) is 12.7 Å². The van der Waals surface area contributed by atoms with Crippen LogP contribution in [-0.4, -0.2) is 23.0 Å². The van der Waals surface area contributed by atoms with E-state index >= 15 is 0 Å². The molecule has 0 aromatic heterocycles. The van der Waals surface area contributed by atoms with Gasteiger partial charge in [0.25, 0.3) is 0 Å². The molecule has 0 unspecified atom stereocenters. The van der Waals surface area contributed by atoms with Crippen LogP contribution in [0.15, 0.2) is 12.7 Å². The maximum atomic E-state index is 11.4. The number of hydrogen-bond acceptors (Lipinski definition) is 2. The maximum absolute atomic E-state index is 11.4. The first-order valence-corrected chi connectivity index (χ1v) is 5.29. The summed E-state index contributed by atoms with van der Waals surface area (Å²) in [7, 11) is 0. The van der Waals surface area contributed by atoms with E-state index in [0.29, 0.717) is 6.42 Å². The molecule has 0 aromatic carbocycles. The van der Waals surface area contributed by atoms with Crippen molar-refractivity contribution in [1.82, 2.24) is 5.32 Å². The molecule has 1 rings (SSSR count). The van der Waals surface area contributed by atoms with Crippen molar-refractivity contribution in [2.24, 2.45) is 5.92 Å². The molecule has 1 atom stereocenters. The van der Waals surface area contributed by atoms with Gasteiger partial charge in [-0.1, -0.05) is 6.08 Å². The summed E-state index contributed by atoms with van der Waals surface area (Å²) in [6.07, 6.45) is 5.53. The van der Waals surface area contributed by atoms with Crippen LogP contribution in [0.5, 0.6) is 0 Å². The quantitative estimate of drug-likeness (QED) is 0.493. The Labute approximate surface area is 89.4 Å². The van der Waals surface area contributed by atoms with Crippen molar-refractivity contribution >= 4 is 11.9 Å². The second-order valence-corrected chi connectivity index (χ2v) is 3.89. The van der Waals surface area contributed by atoms with E-state index < -0.39 is 12.0 Å².